The van der Waals surface area contributed by atoms with Crippen LogP contribution in [0.5, 0.6) is 0 Å². The highest BCUT2D eigenvalue weighted by Gasteiger charge is 2.40. The van der Waals surface area contributed by atoms with E-state index in [1.54, 1.807) is 0 Å². The van der Waals surface area contributed by atoms with Crippen LogP contribution in [-0.2, 0) is 4.74 Å². The van der Waals surface area contributed by atoms with Crippen LogP contribution in [0.25, 0.3) is 0 Å². The molecular formula is C15H31N3O. The van der Waals surface area contributed by atoms with Crippen LogP contribution in [0.15, 0.2) is 0 Å². The van der Waals surface area contributed by atoms with Crippen LogP contribution >= 0.6 is 0 Å². The largest absolute Gasteiger partial charge is 0.380 e. The van der Waals surface area contributed by atoms with Gasteiger partial charge in [0.1, 0.15) is 0 Å². The number of rotatable bonds is 3. The average molecular weight is 269 g/mol. The van der Waals surface area contributed by atoms with Crippen LogP contribution in [0.2, 0.25) is 0 Å². The summed E-state index contributed by atoms with van der Waals surface area (Å²) in [6, 6.07) is 0. The molecule has 2 rings (SSSR count). The van der Waals surface area contributed by atoms with Gasteiger partial charge in [-0.05, 0) is 58.3 Å². The summed E-state index contributed by atoms with van der Waals surface area (Å²) in [5.41, 5.74) is 6.41. The summed E-state index contributed by atoms with van der Waals surface area (Å²) >= 11 is 0. The Bertz CT molecular complexity index is 287. The molecular weight excluding hydrogens is 238 g/mol. The van der Waals surface area contributed by atoms with Gasteiger partial charge >= 0.3 is 0 Å². The molecule has 2 heterocycles. The molecule has 0 aromatic carbocycles. The van der Waals surface area contributed by atoms with Crippen molar-refractivity contribution in [3.8, 4) is 0 Å². The minimum atomic E-state index is 0.210. The van der Waals surface area contributed by atoms with Gasteiger partial charge in [-0.3, -0.25) is 4.90 Å². The Labute approximate surface area is 118 Å². The predicted molar refractivity (Wildman–Crippen MR) is 79.3 cm³/mol. The van der Waals surface area contributed by atoms with Crippen LogP contribution < -0.4 is 5.73 Å². The van der Waals surface area contributed by atoms with Crippen molar-refractivity contribution < 1.29 is 4.74 Å². The second kappa shape index (κ2) is 6.53. The zero-order valence-electron chi connectivity index (χ0n) is 12.9. The summed E-state index contributed by atoms with van der Waals surface area (Å²) in [5.74, 6) is 0.671. The number of likely N-dealkylation sites (tertiary alicyclic amines) is 2. The molecule has 0 aliphatic carbocycles. The molecule has 2 aliphatic heterocycles. The van der Waals surface area contributed by atoms with Gasteiger partial charge in [-0.1, -0.05) is 6.92 Å². The molecule has 0 spiro atoms. The summed E-state index contributed by atoms with van der Waals surface area (Å²) < 4.78 is 5.67. The van der Waals surface area contributed by atoms with Crippen LogP contribution in [-0.4, -0.2) is 68.3 Å². The van der Waals surface area contributed by atoms with Crippen LogP contribution in [0.4, 0.5) is 0 Å². The summed E-state index contributed by atoms with van der Waals surface area (Å²) in [7, 11) is 4.07. The fourth-order valence-corrected chi connectivity index (χ4v) is 3.73. The standard InChI is InChI=1S/C15H31N3O/c1-13-5-9-18(11-14(13)19-3)15(12-16)6-4-8-17(2)10-7-15/h13-14H,4-12,16H2,1-3H3. The van der Waals surface area contributed by atoms with Crippen LogP contribution in [0.1, 0.15) is 32.6 Å². The maximum Gasteiger partial charge on any atom is 0.0724 e. The molecule has 4 nitrogen and oxygen atoms in total. The number of methoxy groups -OCH3 is 1. The van der Waals surface area contributed by atoms with Crippen molar-refractivity contribution in [2.45, 2.75) is 44.2 Å². The Balaban J connectivity index is 2.07. The second-order valence-corrected chi connectivity index (χ2v) is 6.57. The molecule has 19 heavy (non-hydrogen) atoms. The Morgan fingerprint density at radius 1 is 1.26 bits per heavy atom. The minimum absolute atomic E-state index is 0.210. The number of piperidine rings is 1. The van der Waals surface area contributed by atoms with E-state index in [2.05, 4.69) is 23.8 Å². The highest BCUT2D eigenvalue weighted by molar-refractivity contribution is 4.97. The third kappa shape index (κ3) is 3.30. The molecule has 2 saturated heterocycles. The zero-order valence-corrected chi connectivity index (χ0v) is 12.9. The van der Waals surface area contributed by atoms with Crippen molar-refractivity contribution in [2.75, 3.05) is 46.9 Å². The number of hydrogen-bond acceptors (Lipinski definition) is 4. The second-order valence-electron chi connectivity index (χ2n) is 6.57. The summed E-state index contributed by atoms with van der Waals surface area (Å²) in [6.45, 7) is 7.70. The Morgan fingerprint density at radius 2 is 2.05 bits per heavy atom. The number of hydrogen-bond donors (Lipinski definition) is 1. The van der Waals surface area contributed by atoms with E-state index in [1.165, 1.54) is 45.3 Å². The predicted octanol–water partition coefficient (Wildman–Crippen LogP) is 1.16. The Hall–Kier alpha value is -0.160. The number of ether oxygens (including phenoxy) is 1. The fourth-order valence-electron chi connectivity index (χ4n) is 3.73. The quantitative estimate of drug-likeness (QED) is 0.835. The maximum atomic E-state index is 6.20. The van der Waals surface area contributed by atoms with Crippen LogP contribution in [0, 0.1) is 5.92 Å². The van der Waals surface area contributed by atoms with Crippen molar-refractivity contribution in [3.05, 3.63) is 0 Å². The van der Waals surface area contributed by atoms with E-state index in [4.69, 9.17) is 10.5 Å². The normalized spacial score (nSPS) is 39.2. The average Bonchev–Trinajstić information content (AvgIpc) is 2.62. The third-order valence-electron chi connectivity index (χ3n) is 5.38. The molecule has 2 N–H and O–H groups in total. The first-order chi connectivity index (χ1) is 9.11. The lowest BCUT2D eigenvalue weighted by atomic mass is 9.84. The van der Waals surface area contributed by atoms with Gasteiger partial charge in [0.25, 0.3) is 0 Å². The topological polar surface area (TPSA) is 41.7 Å². The van der Waals surface area contributed by atoms with Gasteiger partial charge in [-0.15, -0.1) is 0 Å². The lowest BCUT2D eigenvalue weighted by Crippen LogP contribution is -2.59. The first kappa shape index (κ1) is 15.2. The molecule has 4 heteroatoms. The first-order valence-electron chi connectivity index (χ1n) is 7.78. The molecule has 3 unspecified atom stereocenters. The SMILES string of the molecule is COC1CN(C2(CN)CCCN(C)CC2)CCC1C. The minimum Gasteiger partial charge on any atom is -0.380 e. The summed E-state index contributed by atoms with van der Waals surface area (Å²) in [4.78, 5) is 5.08. The summed E-state index contributed by atoms with van der Waals surface area (Å²) in [5, 5.41) is 0. The molecule has 0 radical (unpaired) electrons. The fraction of sp³-hybridized carbons (Fsp3) is 1.00. The van der Waals surface area contributed by atoms with Crippen molar-refractivity contribution >= 4 is 0 Å². The molecule has 3 atom stereocenters. The number of nitrogens with two attached hydrogens (primary N) is 1. The van der Waals surface area contributed by atoms with E-state index < -0.39 is 0 Å². The van der Waals surface area contributed by atoms with E-state index in [0.29, 0.717) is 12.0 Å². The van der Waals surface area contributed by atoms with Crippen LogP contribution in [0.3, 0.4) is 0 Å². The lowest BCUT2D eigenvalue weighted by Gasteiger charge is -2.48. The molecule has 2 fully saturated rings. The Kier molecular flexibility index (Phi) is 5.23. The molecule has 2 aliphatic rings. The van der Waals surface area contributed by atoms with Gasteiger partial charge in [-0.2, -0.15) is 0 Å². The Morgan fingerprint density at radius 3 is 2.74 bits per heavy atom. The molecule has 0 saturated carbocycles. The van der Waals surface area contributed by atoms with Crippen molar-refractivity contribution in [2.24, 2.45) is 11.7 Å². The van der Waals surface area contributed by atoms with E-state index >= 15 is 0 Å². The zero-order chi connectivity index (χ0) is 13.9. The molecule has 0 bridgehead atoms. The lowest BCUT2D eigenvalue weighted by molar-refractivity contribution is -0.0485. The van der Waals surface area contributed by atoms with Crippen molar-refractivity contribution in [1.82, 2.24) is 9.80 Å². The van der Waals surface area contributed by atoms with E-state index in [-0.39, 0.29) is 5.54 Å². The highest BCUT2D eigenvalue weighted by atomic mass is 16.5. The first-order valence-corrected chi connectivity index (χ1v) is 7.78. The van der Waals surface area contributed by atoms with Gasteiger partial charge in [0.05, 0.1) is 6.10 Å². The van der Waals surface area contributed by atoms with Crippen molar-refractivity contribution in [3.63, 3.8) is 0 Å². The molecule has 0 aromatic heterocycles. The summed E-state index contributed by atoms with van der Waals surface area (Å²) in [6.07, 6.45) is 5.30. The van der Waals surface area contributed by atoms with E-state index in [1.807, 2.05) is 7.11 Å². The number of nitrogens with zero attached hydrogens (tertiary/aromatic N) is 2. The van der Waals surface area contributed by atoms with Gasteiger partial charge in [-0.25, -0.2) is 0 Å². The van der Waals surface area contributed by atoms with Gasteiger partial charge in [0.15, 0.2) is 0 Å². The molecule has 0 amide bonds. The van der Waals surface area contributed by atoms with Gasteiger partial charge in [0.2, 0.25) is 0 Å². The molecule has 0 aromatic rings. The van der Waals surface area contributed by atoms with Crippen molar-refractivity contribution in [1.29, 1.82) is 0 Å². The highest BCUT2D eigenvalue weighted by Crippen LogP contribution is 2.32. The smallest absolute Gasteiger partial charge is 0.0724 e. The monoisotopic (exact) mass is 269 g/mol. The van der Waals surface area contributed by atoms with E-state index in [9.17, 15) is 0 Å². The third-order valence-corrected chi connectivity index (χ3v) is 5.38. The molecule has 112 valence electrons. The van der Waals surface area contributed by atoms with E-state index in [0.717, 1.165) is 13.1 Å². The van der Waals surface area contributed by atoms with Gasteiger partial charge < -0.3 is 15.4 Å². The van der Waals surface area contributed by atoms with Gasteiger partial charge in [0, 0.05) is 25.7 Å². The maximum absolute atomic E-state index is 6.20.